The Balaban J connectivity index is 1.87. The van der Waals surface area contributed by atoms with Gasteiger partial charge in [-0.2, -0.15) is 0 Å². The molecule has 0 spiro atoms. The highest BCUT2D eigenvalue weighted by molar-refractivity contribution is 7.92. The van der Waals surface area contributed by atoms with Crippen LogP contribution in [0, 0.1) is 5.82 Å². The van der Waals surface area contributed by atoms with Crippen molar-refractivity contribution in [1.82, 2.24) is 9.97 Å². The van der Waals surface area contributed by atoms with E-state index in [1.165, 1.54) is 24.5 Å². The number of sulfonamides is 1. The monoisotopic (exact) mass is 358 g/mol. The second-order valence-corrected chi connectivity index (χ2v) is 7.10. The molecule has 3 rings (SSSR count). The lowest BCUT2D eigenvalue weighted by atomic mass is 10.1. The van der Waals surface area contributed by atoms with Gasteiger partial charge in [0.2, 0.25) is 10.0 Å². The Morgan fingerprint density at radius 2 is 1.76 bits per heavy atom. The number of aromatic nitrogens is 2. The fraction of sp³-hybridized carbons (Fsp3) is 0.0588. The second-order valence-electron chi connectivity index (χ2n) is 5.35. The van der Waals surface area contributed by atoms with Crippen molar-refractivity contribution in [2.24, 2.45) is 0 Å². The lowest BCUT2D eigenvalue weighted by molar-refractivity contribution is 0.604. The lowest BCUT2D eigenvalue weighted by Crippen LogP contribution is -2.11. The molecule has 0 amide bonds. The lowest BCUT2D eigenvalue weighted by Gasteiger charge is -2.10. The molecule has 0 radical (unpaired) electrons. The van der Waals surface area contributed by atoms with Crippen LogP contribution in [0.15, 0.2) is 60.9 Å². The van der Waals surface area contributed by atoms with Crippen LogP contribution in [0.1, 0.15) is 0 Å². The van der Waals surface area contributed by atoms with Gasteiger partial charge in [-0.3, -0.25) is 4.72 Å². The van der Waals surface area contributed by atoms with Crippen LogP contribution in [0.3, 0.4) is 0 Å². The van der Waals surface area contributed by atoms with Crippen LogP contribution < -0.4 is 10.0 Å². The molecule has 0 bridgehead atoms. The Labute approximate surface area is 144 Å². The van der Waals surface area contributed by atoms with Crippen molar-refractivity contribution < 1.29 is 12.8 Å². The van der Waals surface area contributed by atoms with E-state index in [1.807, 2.05) is 30.3 Å². The highest BCUT2D eigenvalue weighted by Crippen LogP contribution is 2.24. The van der Waals surface area contributed by atoms with Crippen molar-refractivity contribution in [3.63, 3.8) is 0 Å². The van der Waals surface area contributed by atoms with Gasteiger partial charge in [-0.25, -0.2) is 22.8 Å². The second kappa shape index (κ2) is 6.86. The zero-order chi connectivity index (χ0) is 17.9. The summed E-state index contributed by atoms with van der Waals surface area (Å²) in [5.41, 5.74) is 2.02. The van der Waals surface area contributed by atoms with Crippen molar-refractivity contribution in [3.05, 3.63) is 66.7 Å². The molecule has 2 N–H and O–H groups in total. The molecule has 0 unspecified atom stereocenters. The number of anilines is 3. The third-order valence-corrected chi connectivity index (χ3v) is 3.86. The third-order valence-electron chi connectivity index (χ3n) is 3.27. The summed E-state index contributed by atoms with van der Waals surface area (Å²) >= 11 is 0. The van der Waals surface area contributed by atoms with E-state index in [1.54, 1.807) is 6.07 Å². The van der Waals surface area contributed by atoms with E-state index in [4.69, 9.17) is 0 Å². The van der Waals surface area contributed by atoms with Gasteiger partial charge >= 0.3 is 0 Å². The minimum atomic E-state index is -3.58. The fourth-order valence-corrected chi connectivity index (χ4v) is 2.78. The average molecular weight is 358 g/mol. The van der Waals surface area contributed by atoms with E-state index >= 15 is 0 Å². The van der Waals surface area contributed by atoms with Crippen molar-refractivity contribution in [1.29, 1.82) is 0 Å². The summed E-state index contributed by atoms with van der Waals surface area (Å²) in [5, 5.41) is 3.01. The van der Waals surface area contributed by atoms with Crippen LogP contribution in [0.5, 0.6) is 0 Å². The van der Waals surface area contributed by atoms with Crippen LogP contribution in [0.2, 0.25) is 0 Å². The quantitative estimate of drug-likeness (QED) is 0.730. The van der Waals surface area contributed by atoms with Gasteiger partial charge in [0, 0.05) is 17.3 Å². The summed E-state index contributed by atoms with van der Waals surface area (Å²) < 4.78 is 38.5. The van der Waals surface area contributed by atoms with Crippen molar-refractivity contribution in [2.45, 2.75) is 0 Å². The molecule has 0 saturated carbocycles. The Hall–Kier alpha value is -3.00. The van der Waals surface area contributed by atoms with Crippen LogP contribution in [0.25, 0.3) is 11.3 Å². The molecular formula is C17H15FN4O2S. The maximum atomic E-state index is 13.7. The smallest absolute Gasteiger partial charge is 0.229 e. The molecular weight excluding hydrogens is 343 g/mol. The predicted molar refractivity (Wildman–Crippen MR) is 95.6 cm³/mol. The van der Waals surface area contributed by atoms with Crippen LogP contribution in [-0.2, 0) is 10.0 Å². The molecule has 2 aromatic carbocycles. The number of halogens is 1. The molecule has 0 fully saturated rings. The number of hydrogen-bond donors (Lipinski definition) is 2. The highest BCUT2D eigenvalue weighted by atomic mass is 32.2. The molecule has 0 saturated heterocycles. The maximum absolute atomic E-state index is 13.7. The van der Waals surface area contributed by atoms with Crippen molar-refractivity contribution >= 4 is 27.2 Å². The number of hydrogen-bond acceptors (Lipinski definition) is 5. The highest BCUT2D eigenvalue weighted by Gasteiger charge is 2.09. The Bertz CT molecular complexity index is 995. The molecule has 128 valence electrons. The molecule has 6 nitrogen and oxygen atoms in total. The first-order valence-corrected chi connectivity index (χ1v) is 9.22. The standard InChI is InChI=1S/C17H15FN4O2S/c1-25(23,24)22-16-9-13(7-8-14(16)18)21-17-10-15(19-11-20-17)12-5-3-2-4-6-12/h2-11,22H,1H3,(H,19,20,21). The fourth-order valence-electron chi connectivity index (χ4n) is 2.22. The number of benzene rings is 2. The molecule has 0 aliphatic heterocycles. The molecule has 25 heavy (non-hydrogen) atoms. The maximum Gasteiger partial charge on any atom is 0.229 e. The largest absolute Gasteiger partial charge is 0.340 e. The summed E-state index contributed by atoms with van der Waals surface area (Å²) in [6.45, 7) is 0. The van der Waals surface area contributed by atoms with E-state index in [-0.39, 0.29) is 5.69 Å². The van der Waals surface area contributed by atoms with Gasteiger partial charge in [0.15, 0.2) is 0 Å². The van der Waals surface area contributed by atoms with Gasteiger partial charge in [-0.15, -0.1) is 0 Å². The molecule has 0 aliphatic rings. The van der Waals surface area contributed by atoms with Gasteiger partial charge in [0.1, 0.15) is 18.0 Å². The van der Waals surface area contributed by atoms with E-state index in [0.29, 0.717) is 11.5 Å². The molecule has 8 heteroatoms. The molecule has 3 aromatic rings. The number of rotatable bonds is 5. The van der Waals surface area contributed by atoms with E-state index in [0.717, 1.165) is 17.5 Å². The Morgan fingerprint density at radius 3 is 2.48 bits per heavy atom. The first kappa shape index (κ1) is 16.8. The normalized spacial score (nSPS) is 11.1. The van der Waals surface area contributed by atoms with Gasteiger partial charge in [-0.1, -0.05) is 30.3 Å². The molecule has 0 atom stereocenters. The average Bonchev–Trinajstić information content (AvgIpc) is 2.58. The summed E-state index contributed by atoms with van der Waals surface area (Å²) in [4.78, 5) is 8.36. The van der Waals surface area contributed by atoms with Gasteiger partial charge in [-0.05, 0) is 18.2 Å². The molecule has 1 heterocycles. The van der Waals surface area contributed by atoms with Crippen molar-refractivity contribution in [3.8, 4) is 11.3 Å². The summed E-state index contributed by atoms with van der Waals surface area (Å²) in [5.74, 6) is -0.158. The van der Waals surface area contributed by atoms with E-state index < -0.39 is 15.8 Å². The van der Waals surface area contributed by atoms with Gasteiger partial charge in [0.25, 0.3) is 0 Å². The number of nitrogens with one attached hydrogen (secondary N) is 2. The SMILES string of the molecule is CS(=O)(=O)Nc1cc(Nc2cc(-c3ccccc3)ncn2)ccc1F. The van der Waals surface area contributed by atoms with Crippen LogP contribution in [0.4, 0.5) is 21.6 Å². The first-order chi connectivity index (χ1) is 11.9. The third kappa shape index (κ3) is 4.51. The Kier molecular flexibility index (Phi) is 4.62. The van der Waals surface area contributed by atoms with E-state index in [2.05, 4.69) is 20.0 Å². The van der Waals surface area contributed by atoms with Crippen molar-refractivity contribution in [2.75, 3.05) is 16.3 Å². The van der Waals surface area contributed by atoms with Gasteiger partial charge in [0.05, 0.1) is 17.6 Å². The molecule has 1 aromatic heterocycles. The first-order valence-electron chi connectivity index (χ1n) is 7.32. The number of nitrogens with zero attached hydrogens (tertiary/aromatic N) is 2. The topological polar surface area (TPSA) is 84.0 Å². The Morgan fingerprint density at radius 1 is 1.00 bits per heavy atom. The molecule has 0 aliphatic carbocycles. The summed E-state index contributed by atoms with van der Waals surface area (Å²) in [6.07, 6.45) is 2.38. The summed E-state index contributed by atoms with van der Waals surface area (Å²) in [7, 11) is -3.58. The van der Waals surface area contributed by atoms with E-state index in [9.17, 15) is 12.8 Å². The minimum absolute atomic E-state index is 0.134. The zero-order valence-electron chi connectivity index (χ0n) is 13.3. The van der Waals surface area contributed by atoms with Crippen LogP contribution in [-0.4, -0.2) is 24.6 Å². The van der Waals surface area contributed by atoms with Crippen LogP contribution >= 0.6 is 0 Å². The zero-order valence-corrected chi connectivity index (χ0v) is 14.1. The van der Waals surface area contributed by atoms with Gasteiger partial charge < -0.3 is 5.32 Å². The predicted octanol–water partition coefficient (Wildman–Crippen LogP) is 3.40. The summed E-state index contributed by atoms with van der Waals surface area (Å²) in [6, 6.07) is 15.4. The minimum Gasteiger partial charge on any atom is -0.340 e.